The number of sulfonamides is 1. The number of nitrogens with one attached hydrogen (secondary N) is 1. The Balaban J connectivity index is 0.00000432. The number of ether oxygens (including phenoxy) is 3. The number of allylic oxidation sites excluding steroid dienone is 1. The Morgan fingerprint density at radius 3 is 2.76 bits per heavy atom. The quantitative estimate of drug-likeness (QED) is 0.386. The zero-order chi connectivity index (χ0) is 34.3. The SMILES string of the molecule is C[C@@H]1[C@@H](C)C/C=C/[C@H](OCCN2CCOC2=O)[C@@H]2CC[C@H]2CN2C[C@@]3(CCCc4cc(Cl)ccc43)COc3ccc(cc32)C(=O)NS1(=O)=O.[HH]. The van der Waals surface area contributed by atoms with Gasteiger partial charge >= 0.3 is 6.09 Å². The van der Waals surface area contributed by atoms with Crippen LogP contribution in [0.2, 0.25) is 5.02 Å². The molecule has 2 aromatic rings. The van der Waals surface area contributed by atoms with Crippen molar-refractivity contribution in [3.05, 3.63) is 70.3 Å². The predicted molar refractivity (Wildman–Crippen MR) is 190 cm³/mol. The normalized spacial score (nSPS) is 31.8. The lowest BCUT2D eigenvalue weighted by molar-refractivity contribution is -0.0178. The monoisotopic (exact) mass is 713 g/mol. The molecule has 0 unspecified atom stereocenters. The summed E-state index contributed by atoms with van der Waals surface area (Å²) in [7, 11) is -3.96. The molecule has 6 atom stereocenters. The Hall–Kier alpha value is -3.28. The maximum Gasteiger partial charge on any atom is 0.410 e. The first-order valence-electron chi connectivity index (χ1n) is 17.6. The number of fused-ring (bicyclic) bond motifs is 4. The van der Waals surface area contributed by atoms with Crippen LogP contribution in [0.5, 0.6) is 5.75 Å². The number of amides is 2. The molecule has 7 rings (SSSR count). The molecule has 2 amide bonds. The molecule has 12 heteroatoms. The Kier molecular flexibility index (Phi) is 9.62. The standard InChI is InChI=1S/C37H46ClN3O7S.H2/c1-24-5-3-7-33(46-17-15-40-16-18-47-36(40)43)30-11-8-28(30)21-41-22-37(14-4-6-26-19-29(38)10-12-31(26)37)23-48-34-13-9-27(20-32(34)41)35(42)39-49(44,45)25(24)2;/h3,7,9-10,12-13,19-20,24-25,28,30,33H,4-6,8,11,14-18,21-23H2,1-2H3,(H,39,42);1H/b7-3+;/t24-,25+,28-,30+,33-,37-;/m0./s1. The molecule has 2 aliphatic carbocycles. The fourth-order valence-corrected chi connectivity index (χ4v) is 9.73. The highest BCUT2D eigenvalue weighted by molar-refractivity contribution is 7.90. The summed E-state index contributed by atoms with van der Waals surface area (Å²) in [6, 6.07) is 11.4. The molecule has 5 aliphatic rings. The summed E-state index contributed by atoms with van der Waals surface area (Å²) in [4.78, 5) is 29.6. The highest BCUT2D eigenvalue weighted by Crippen LogP contribution is 2.47. The molecule has 2 aromatic carbocycles. The molecule has 1 saturated carbocycles. The first kappa shape index (κ1) is 34.2. The lowest BCUT2D eigenvalue weighted by atomic mass is 9.68. The van der Waals surface area contributed by atoms with Crippen LogP contribution in [0.1, 0.15) is 68.9 Å². The van der Waals surface area contributed by atoms with Crippen LogP contribution < -0.4 is 14.4 Å². The highest BCUT2D eigenvalue weighted by atomic mass is 35.5. The molecule has 1 saturated heterocycles. The first-order chi connectivity index (χ1) is 23.5. The number of cyclic esters (lactones) is 1. The summed E-state index contributed by atoms with van der Waals surface area (Å²) in [5.41, 5.74) is 3.29. The van der Waals surface area contributed by atoms with Crippen LogP contribution in [-0.2, 0) is 31.3 Å². The minimum absolute atomic E-state index is 0. The van der Waals surface area contributed by atoms with Gasteiger partial charge in [0, 0.05) is 37.1 Å². The summed E-state index contributed by atoms with van der Waals surface area (Å²) in [6.07, 6.45) is 9.09. The van der Waals surface area contributed by atoms with Crippen LogP contribution in [0.15, 0.2) is 48.6 Å². The van der Waals surface area contributed by atoms with Gasteiger partial charge in [-0.15, -0.1) is 0 Å². The number of benzene rings is 2. The maximum atomic E-state index is 13.5. The van der Waals surface area contributed by atoms with Crippen LogP contribution in [0.3, 0.4) is 0 Å². The Morgan fingerprint density at radius 2 is 1.98 bits per heavy atom. The summed E-state index contributed by atoms with van der Waals surface area (Å²) in [5, 5.41) is -0.0719. The van der Waals surface area contributed by atoms with Crippen LogP contribution in [-0.4, -0.2) is 82.7 Å². The van der Waals surface area contributed by atoms with E-state index in [-0.39, 0.29) is 36.4 Å². The van der Waals surface area contributed by atoms with Gasteiger partial charge in [0.1, 0.15) is 12.4 Å². The van der Waals surface area contributed by atoms with Gasteiger partial charge in [-0.1, -0.05) is 36.7 Å². The van der Waals surface area contributed by atoms with E-state index in [0.29, 0.717) is 57.5 Å². The molecular formula is C37H48ClN3O7S. The van der Waals surface area contributed by atoms with Crippen LogP contribution in [0.4, 0.5) is 10.5 Å². The minimum Gasteiger partial charge on any atom is -0.490 e. The minimum atomic E-state index is -3.96. The molecule has 3 aliphatic heterocycles. The van der Waals surface area contributed by atoms with E-state index in [4.69, 9.17) is 25.8 Å². The van der Waals surface area contributed by atoms with Crippen molar-refractivity contribution in [3.8, 4) is 5.75 Å². The number of hydrogen-bond acceptors (Lipinski definition) is 8. The number of rotatable bonds is 4. The molecule has 49 heavy (non-hydrogen) atoms. The van der Waals surface area contributed by atoms with E-state index in [1.54, 1.807) is 30.0 Å². The second-order valence-electron chi connectivity index (χ2n) is 14.5. The van der Waals surface area contributed by atoms with Gasteiger partial charge in [0.2, 0.25) is 10.0 Å². The predicted octanol–water partition coefficient (Wildman–Crippen LogP) is 5.97. The van der Waals surface area contributed by atoms with E-state index >= 15 is 0 Å². The van der Waals surface area contributed by atoms with Gasteiger partial charge in [-0.2, -0.15) is 0 Å². The average molecular weight is 714 g/mol. The summed E-state index contributed by atoms with van der Waals surface area (Å²) in [6.45, 7) is 7.23. The lowest BCUT2D eigenvalue weighted by Crippen LogP contribution is -2.50. The fraction of sp³-hybridized carbons (Fsp3) is 0.568. The van der Waals surface area contributed by atoms with E-state index in [1.807, 2.05) is 19.1 Å². The van der Waals surface area contributed by atoms with E-state index in [0.717, 1.165) is 49.4 Å². The Labute approximate surface area is 295 Å². The van der Waals surface area contributed by atoms with Crippen LogP contribution >= 0.6 is 11.6 Å². The van der Waals surface area contributed by atoms with Gasteiger partial charge < -0.3 is 24.0 Å². The van der Waals surface area contributed by atoms with Gasteiger partial charge in [-0.3, -0.25) is 4.79 Å². The third-order valence-electron chi connectivity index (χ3n) is 11.5. The van der Waals surface area contributed by atoms with Crippen LogP contribution in [0, 0.1) is 17.8 Å². The van der Waals surface area contributed by atoms with Crippen molar-refractivity contribution in [1.82, 2.24) is 9.62 Å². The molecule has 1 N–H and O–H groups in total. The van der Waals surface area contributed by atoms with Crippen molar-refractivity contribution in [2.45, 2.75) is 69.1 Å². The Bertz CT molecular complexity index is 1740. The van der Waals surface area contributed by atoms with Gasteiger partial charge in [-0.25, -0.2) is 17.9 Å². The molecule has 2 fully saturated rings. The third-order valence-corrected chi connectivity index (χ3v) is 13.7. The zero-order valence-electron chi connectivity index (χ0n) is 28.2. The largest absolute Gasteiger partial charge is 0.490 e. The van der Waals surface area contributed by atoms with Crippen molar-refractivity contribution in [3.63, 3.8) is 0 Å². The second-order valence-corrected chi connectivity index (χ2v) is 17.0. The number of carbonyl (C=O) groups is 2. The highest BCUT2D eigenvalue weighted by Gasteiger charge is 2.45. The summed E-state index contributed by atoms with van der Waals surface area (Å²) < 4.78 is 47.4. The lowest BCUT2D eigenvalue weighted by Gasteiger charge is -2.46. The van der Waals surface area contributed by atoms with Crippen molar-refractivity contribution < 1.29 is 33.6 Å². The third kappa shape index (κ3) is 6.90. The van der Waals surface area contributed by atoms with Crippen LogP contribution in [0.25, 0.3) is 0 Å². The molecule has 3 heterocycles. The fourth-order valence-electron chi connectivity index (χ4n) is 8.25. The van der Waals surface area contributed by atoms with Gasteiger partial charge in [-0.05, 0) is 105 Å². The van der Waals surface area contributed by atoms with Crippen molar-refractivity contribution in [2.75, 3.05) is 50.9 Å². The first-order valence-corrected chi connectivity index (χ1v) is 19.5. The summed E-state index contributed by atoms with van der Waals surface area (Å²) >= 11 is 6.44. The number of nitrogens with zero attached hydrogens (tertiary/aromatic N) is 2. The van der Waals surface area contributed by atoms with E-state index < -0.39 is 21.2 Å². The maximum absolute atomic E-state index is 13.5. The van der Waals surface area contributed by atoms with Gasteiger partial charge in [0.05, 0.1) is 36.8 Å². The number of hydrogen-bond donors (Lipinski definition) is 1. The van der Waals surface area contributed by atoms with Gasteiger partial charge in [0.25, 0.3) is 5.91 Å². The molecule has 266 valence electrons. The average Bonchev–Trinajstić information content (AvgIpc) is 3.40. The molecule has 2 bridgehead atoms. The molecule has 0 radical (unpaired) electrons. The summed E-state index contributed by atoms with van der Waals surface area (Å²) in [5.74, 6) is 0.343. The molecule has 0 aromatic heterocycles. The molecular weight excluding hydrogens is 666 g/mol. The number of aryl methyl sites for hydroxylation is 1. The van der Waals surface area contributed by atoms with Crippen molar-refractivity contribution >= 4 is 39.3 Å². The number of anilines is 1. The van der Waals surface area contributed by atoms with Gasteiger partial charge in [0.15, 0.2) is 0 Å². The smallest absolute Gasteiger partial charge is 0.410 e. The van der Waals surface area contributed by atoms with E-state index in [2.05, 4.69) is 27.8 Å². The van der Waals surface area contributed by atoms with Crippen molar-refractivity contribution in [1.29, 1.82) is 0 Å². The topological polar surface area (TPSA) is 114 Å². The zero-order valence-corrected chi connectivity index (χ0v) is 29.8. The van der Waals surface area contributed by atoms with E-state index in [9.17, 15) is 18.0 Å². The van der Waals surface area contributed by atoms with E-state index in [1.165, 1.54) is 11.1 Å². The molecule has 10 nitrogen and oxygen atoms in total. The molecule has 1 spiro atoms. The number of carbonyl (C=O) groups excluding carboxylic acids is 2. The second kappa shape index (κ2) is 13.8. The van der Waals surface area contributed by atoms with Crippen molar-refractivity contribution in [2.24, 2.45) is 17.8 Å². The number of halogens is 1. The Morgan fingerprint density at radius 1 is 1.12 bits per heavy atom.